The SMILES string of the molecule is Cc1ccc(C)c(N2CCN(C(=NCC3CCCO3)Nc3cccc(C(=O)O)c3)CC2)c1. The molecule has 2 N–H and O–H groups in total. The van der Waals surface area contributed by atoms with Gasteiger partial charge in [-0.1, -0.05) is 18.2 Å². The molecule has 1 atom stereocenters. The van der Waals surface area contributed by atoms with Crippen LogP contribution < -0.4 is 10.2 Å². The second-order valence-corrected chi connectivity index (χ2v) is 8.57. The van der Waals surface area contributed by atoms with Crippen LogP contribution in [0.1, 0.15) is 34.3 Å². The number of aromatic carboxylic acids is 1. The summed E-state index contributed by atoms with van der Waals surface area (Å²) in [5.74, 6) is -0.155. The molecule has 4 rings (SSSR count). The molecule has 2 aliphatic rings. The lowest BCUT2D eigenvalue weighted by atomic mass is 10.1. The molecule has 2 heterocycles. The minimum atomic E-state index is -0.936. The molecule has 7 nitrogen and oxygen atoms in total. The van der Waals surface area contributed by atoms with Crippen LogP contribution in [0.5, 0.6) is 0 Å². The summed E-state index contributed by atoms with van der Waals surface area (Å²) in [7, 11) is 0. The molecule has 0 aromatic heterocycles. The smallest absolute Gasteiger partial charge is 0.335 e. The number of aryl methyl sites for hydroxylation is 2. The highest BCUT2D eigenvalue weighted by molar-refractivity contribution is 5.96. The monoisotopic (exact) mass is 436 g/mol. The highest BCUT2D eigenvalue weighted by Gasteiger charge is 2.23. The third-order valence-corrected chi connectivity index (χ3v) is 6.12. The number of anilines is 2. The topological polar surface area (TPSA) is 77.4 Å². The number of carbonyl (C=O) groups is 1. The van der Waals surface area contributed by atoms with Gasteiger partial charge >= 0.3 is 5.97 Å². The number of guanidine groups is 1. The normalized spacial score (nSPS) is 19.3. The van der Waals surface area contributed by atoms with Crippen molar-refractivity contribution in [3.63, 3.8) is 0 Å². The van der Waals surface area contributed by atoms with Crippen molar-refractivity contribution >= 4 is 23.3 Å². The number of nitrogens with zero attached hydrogens (tertiary/aromatic N) is 3. The molecule has 2 aliphatic heterocycles. The number of aliphatic imine (C=N–C) groups is 1. The Kier molecular flexibility index (Phi) is 6.95. The molecular formula is C25H32N4O3. The zero-order chi connectivity index (χ0) is 22.5. The lowest BCUT2D eigenvalue weighted by Gasteiger charge is -2.38. The molecule has 7 heteroatoms. The molecule has 170 valence electrons. The van der Waals surface area contributed by atoms with Gasteiger partial charge in [-0.15, -0.1) is 0 Å². The van der Waals surface area contributed by atoms with E-state index in [1.54, 1.807) is 18.2 Å². The van der Waals surface area contributed by atoms with E-state index in [1.807, 2.05) is 6.07 Å². The van der Waals surface area contributed by atoms with E-state index in [0.717, 1.165) is 57.3 Å². The van der Waals surface area contributed by atoms with Crippen molar-refractivity contribution in [1.29, 1.82) is 0 Å². The third kappa shape index (κ3) is 5.40. The molecule has 2 aromatic carbocycles. The molecular weight excluding hydrogens is 404 g/mol. The Labute approximate surface area is 189 Å². The zero-order valence-corrected chi connectivity index (χ0v) is 18.9. The number of rotatable bonds is 5. The van der Waals surface area contributed by atoms with Crippen LogP contribution in [0.2, 0.25) is 0 Å². The van der Waals surface area contributed by atoms with Crippen LogP contribution in [-0.4, -0.2) is 67.4 Å². The molecule has 2 aromatic rings. The van der Waals surface area contributed by atoms with Crippen molar-refractivity contribution in [1.82, 2.24) is 4.90 Å². The van der Waals surface area contributed by atoms with Crippen LogP contribution in [0.25, 0.3) is 0 Å². The summed E-state index contributed by atoms with van der Waals surface area (Å²) in [6.07, 6.45) is 2.28. The number of benzene rings is 2. The molecule has 0 radical (unpaired) electrons. The Bertz CT molecular complexity index is 977. The van der Waals surface area contributed by atoms with Gasteiger partial charge in [0.25, 0.3) is 0 Å². The Morgan fingerprint density at radius 1 is 1.16 bits per heavy atom. The van der Waals surface area contributed by atoms with Crippen LogP contribution in [0.15, 0.2) is 47.5 Å². The fourth-order valence-electron chi connectivity index (χ4n) is 4.27. The molecule has 0 saturated carbocycles. The average Bonchev–Trinajstić information content (AvgIpc) is 3.32. The summed E-state index contributed by atoms with van der Waals surface area (Å²) >= 11 is 0. The lowest BCUT2D eigenvalue weighted by molar-refractivity contribution is 0.0697. The van der Waals surface area contributed by atoms with Gasteiger partial charge in [-0.3, -0.25) is 4.99 Å². The van der Waals surface area contributed by atoms with Gasteiger partial charge in [-0.25, -0.2) is 4.79 Å². The third-order valence-electron chi connectivity index (χ3n) is 6.12. The van der Waals surface area contributed by atoms with Crippen LogP contribution >= 0.6 is 0 Å². The van der Waals surface area contributed by atoms with Gasteiger partial charge in [0.05, 0.1) is 18.2 Å². The predicted octanol–water partition coefficient (Wildman–Crippen LogP) is 3.77. The summed E-state index contributed by atoms with van der Waals surface area (Å²) in [6, 6.07) is 13.5. The van der Waals surface area contributed by atoms with Crippen molar-refractivity contribution in [3.05, 3.63) is 59.2 Å². The first-order chi connectivity index (χ1) is 15.5. The maximum Gasteiger partial charge on any atom is 0.335 e. The second-order valence-electron chi connectivity index (χ2n) is 8.57. The quantitative estimate of drug-likeness (QED) is 0.549. The summed E-state index contributed by atoms with van der Waals surface area (Å²) in [4.78, 5) is 20.9. The number of piperazine rings is 1. The maximum atomic E-state index is 11.4. The van der Waals surface area contributed by atoms with Gasteiger partial charge in [0.1, 0.15) is 0 Å². The second kappa shape index (κ2) is 10.0. The Hall–Kier alpha value is -3.06. The number of ether oxygens (including phenoxy) is 1. The highest BCUT2D eigenvalue weighted by atomic mass is 16.5. The fourth-order valence-corrected chi connectivity index (χ4v) is 4.27. The minimum Gasteiger partial charge on any atom is -0.478 e. The van der Waals surface area contributed by atoms with E-state index in [4.69, 9.17) is 9.73 Å². The van der Waals surface area contributed by atoms with E-state index in [9.17, 15) is 9.90 Å². The first-order valence-electron chi connectivity index (χ1n) is 11.3. The molecule has 1 unspecified atom stereocenters. The largest absolute Gasteiger partial charge is 0.478 e. The number of nitrogens with one attached hydrogen (secondary N) is 1. The van der Waals surface area contributed by atoms with E-state index < -0.39 is 5.97 Å². The zero-order valence-electron chi connectivity index (χ0n) is 18.9. The summed E-state index contributed by atoms with van der Waals surface area (Å²) in [5, 5.41) is 12.7. The molecule has 0 bridgehead atoms. The van der Waals surface area contributed by atoms with Crippen molar-refractivity contribution in [2.45, 2.75) is 32.8 Å². The molecule has 2 saturated heterocycles. The molecule has 0 aliphatic carbocycles. The van der Waals surface area contributed by atoms with Crippen LogP contribution in [0, 0.1) is 13.8 Å². The van der Waals surface area contributed by atoms with E-state index in [0.29, 0.717) is 6.54 Å². The van der Waals surface area contributed by atoms with E-state index in [2.05, 4.69) is 47.2 Å². The predicted molar refractivity (Wildman–Crippen MR) is 128 cm³/mol. The van der Waals surface area contributed by atoms with Crippen molar-refractivity contribution in [2.75, 3.05) is 49.5 Å². The first-order valence-corrected chi connectivity index (χ1v) is 11.3. The van der Waals surface area contributed by atoms with Gasteiger partial charge in [0.15, 0.2) is 5.96 Å². The van der Waals surface area contributed by atoms with Gasteiger partial charge < -0.3 is 25.0 Å². The highest BCUT2D eigenvalue weighted by Crippen LogP contribution is 2.23. The van der Waals surface area contributed by atoms with E-state index >= 15 is 0 Å². The Morgan fingerprint density at radius 2 is 1.97 bits per heavy atom. The Balaban J connectivity index is 1.48. The van der Waals surface area contributed by atoms with Crippen molar-refractivity contribution < 1.29 is 14.6 Å². The first kappa shape index (κ1) is 22.1. The Morgan fingerprint density at radius 3 is 2.69 bits per heavy atom. The maximum absolute atomic E-state index is 11.4. The minimum absolute atomic E-state index is 0.161. The van der Waals surface area contributed by atoms with Gasteiger partial charge in [0, 0.05) is 44.2 Å². The van der Waals surface area contributed by atoms with E-state index in [-0.39, 0.29) is 11.7 Å². The number of carboxylic acids is 1. The number of hydrogen-bond acceptors (Lipinski definition) is 4. The number of hydrogen-bond donors (Lipinski definition) is 2. The number of carboxylic acid groups (broad SMARTS) is 1. The van der Waals surface area contributed by atoms with E-state index in [1.165, 1.54) is 16.8 Å². The summed E-state index contributed by atoms with van der Waals surface area (Å²) < 4.78 is 5.75. The van der Waals surface area contributed by atoms with Gasteiger partial charge in [-0.2, -0.15) is 0 Å². The molecule has 0 amide bonds. The van der Waals surface area contributed by atoms with Crippen LogP contribution in [0.4, 0.5) is 11.4 Å². The van der Waals surface area contributed by atoms with Crippen molar-refractivity contribution in [2.24, 2.45) is 4.99 Å². The summed E-state index contributed by atoms with van der Waals surface area (Å²) in [6.45, 7) is 9.18. The molecule has 0 spiro atoms. The van der Waals surface area contributed by atoms with Crippen LogP contribution in [0.3, 0.4) is 0 Å². The molecule has 2 fully saturated rings. The fraction of sp³-hybridized carbons (Fsp3) is 0.440. The lowest BCUT2D eigenvalue weighted by Crippen LogP contribution is -2.51. The summed E-state index contributed by atoms with van der Waals surface area (Å²) in [5.41, 5.74) is 4.84. The van der Waals surface area contributed by atoms with Gasteiger partial charge in [-0.05, 0) is 62.1 Å². The average molecular weight is 437 g/mol. The van der Waals surface area contributed by atoms with Crippen molar-refractivity contribution in [3.8, 4) is 0 Å². The standard InChI is InChI=1S/C25H32N4O3/c1-18-8-9-19(2)23(15-18)28-10-12-29(13-11-28)25(26-17-22-7-4-14-32-22)27-21-6-3-5-20(16-21)24(30)31/h3,5-6,8-9,15-16,22H,4,7,10-14,17H2,1-2H3,(H,26,27)(H,30,31). The van der Waals surface area contributed by atoms with Gasteiger partial charge in [0.2, 0.25) is 0 Å². The van der Waals surface area contributed by atoms with Crippen LogP contribution in [-0.2, 0) is 4.74 Å². The molecule has 32 heavy (non-hydrogen) atoms.